The first-order chi connectivity index (χ1) is 13.0. The molecule has 3 nitrogen and oxygen atoms in total. The number of hydrogen-bond acceptors (Lipinski definition) is 3. The lowest BCUT2D eigenvalue weighted by atomic mass is 9.80. The van der Waals surface area contributed by atoms with Crippen molar-refractivity contribution >= 4 is 11.6 Å². The van der Waals surface area contributed by atoms with Gasteiger partial charge in [-0.25, -0.2) is 0 Å². The molecule has 0 bridgehead atoms. The highest BCUT2D eigenvalue weighted by Gasteiger charge is 2.29. The van der Waals surface area contributed by atoms with Crippen molar-refractivity contribution in [2.24, 2.45) is 5.92 Å². The maximum atomic E-state index is 12.7. The van der Waals surface area contributed by atoms with Crippen LogP contribution in [-0.4, -0.2) is 24.7 Å². The zero-order valence-corrected chi connectivity index (χ0v) is 16.8. The smallest absolute Gasteiger partial charge is 0.185 e. The Morgan fingerprint density at radius 1 is 0.889 bits per heavy atom. The summed E-state index contributed by atoms with van der Waals surface area (Å²) in [5.74, 6) is 1.13. The molecule has 1 aliphatic heterocycles. The Morgan fingerprint density at radius 3 is 2.33 bits per heavy atom. The molecule has 1 N–H and O–H groups in total. The Morgan fingerprint density at radius 2 is 1.59 bits per heavy atom. The summed E-state index contributed by atoms with van der Waals surface area (Å²) in [6.45, 7) is 7.29. The fourth-order valence-corrected chi connectivity index (χ4v) is 4.40. The van der Waals surface area contributed by atoms with Crippen LogP contribution in [-0.2, 0) is 9.59 Å². The molecule has 0 aromatic heterocycles. The Labute approximate surface area is 162 Å². The van der Waals surface area contributed by atoms with E-state index in [2.05, 4.69) is 35.6 Å². The molecule has 0 saturated carbocycles. The van der Waals surface area contributed by atoms with Gasteiger partial charge in [-0.15, -0.1) is 0 Å². The van der Waals surface area contributed by atoms with Crippen molar-refractivity contribution in [2.75, 3.05) is 13.1 Å². The van der Waals surface area contributed by atoms with Crippen molar-refractivity contribution in [3.8, 4) is 0 Å². The number of carbonyl (C=O) groups excluding carboxylic acids is 2. The van der Waals surface area contributed by atoms with E-state index in [-0.39, 0.29) is 11.6 Å². The first-order valence-corrected chi connectivity index (χ1v) is 10.2. The van der Waals surface area contributed by atoms with Gasteiger partial charge in [0.05, 0.1) is 0 Å². The lowest BCUT2D eigenvalue weighted by Crippen LogP contribution is -2.27. The molecule has 3 heteroatoms. The summed E-state index contributed by atoms with van der Waals surface area (Å²) >= 11 is 0. The van der Waals surface area contributed by atoms with Crippen molar-refractivity contribution in [3.63, 3.8) is 0 Å². The number of Topliss-reactive ketones (excluding diaryl/α,β-unsaturated/α-hetero) is 2. The van der Waals surface area contributed by atoms with Gasteiger partial charge in [0, 0.05) is 22.3 Å². The van der Waals surface area contributed by atoms with Crippen LogP contribution in [0.4, 0.5) is 0 Å². The Bertz CT molecular complexity index is 773. The SMILES string of the molecule is CC1=C(C)C(=O)C(CC2CCCC(c3ccccc3)CCNC2)=C(C)C1=O. The minimum absolute atomic E-state index is 0.0438. The average molecular weight is 366 g/mol. The molecule has 0 radical (unpaired) electrons. The zero-order chi connectivity index (χ0) is 19.4. The van der Waals surface area contributed by atoms with Gasteiger partial charge in [-0.3, -0.25) is 9.59 Å². The van der Waals surface area contributed by atoms with Crippen molar-refractivity contribution < 1.29 is 9.59 Å². The van der Waals surface area contributed by atoms with Crippen LogP contribution >= 0.6 is 0 Å². The lowest BCUT2D eigenvalue weighted by molar-refractivity contribution is -0.116. The van der Waals surface area contributed by atoms with E-state index in [1.165, 1.54) is 12.0 Å². The summed E-state index contributed by atoms with van der Waals surface area (Å²) in [5, 5.41) is 3.60. The largest absolute Gasteiger partial charge is 0.316 e. The molecule has 27 heavy (non-hydrogen) atoms. The Hall–Kier alpha value is -2.00. The second-order valence-corrected chi connectivity index (χ2v) is 8.11. The fraction of sp³-hybridized carbons (Fsp3) is 0.500. The first-order valence-electron chi connectivity index (χ1n) is 10.2. The maximum absolute atomic E-state index is 12.7. The average Bonchev–Trinajstić information content (AvgIpc) is 2.81. The molecular formula is C24H31NO2. The lowest BCUT2D eigenvalue weighted by Gasteiger charge is -2.23. The third-order valence-electron chi connectivity index (χ3n) is 6.34. The second kappa shape index (κ2) is 8.79. The molecule has 144 valence electrons. The van der Waals surface area contributed by atoms with Gasteiger partial charge in [-0.05, 0) is 76.9 Å². The highest BCUT2D eigenvalue weighted by atomic mass is 16.1. The number of rotatable bonds is 3. The summed E-state index contributed by atoms with van der Waals surface area (Å²) < 4.78 is 0. The van der Waals surface area contributed by atoms with Crippen LogP contribution in [0.25, 0.3) is 0 Å². The molecule has 0 spiro atoms. The highest BCUT2D eigenvalue weighted by Crippen LogP contribution is 2.32. The minimum Gasteiger partial charge on any atom is -0.316 e. The van der Waals surface area contributed by atoms with E-state index in [1.807, 2.05) is 6.92 Å². The van der Waals surface area contributed by atoms with Crippen LogP contribution in [0.15, 0.2) is 52.6 Å². The predicted octanol–water partition coefficient (Wildman–Crippen LogP) is 4.74. The number of carbonyl (C=O) groups is 2. The summed E-state index contributed by atoms with van der Waals surface area (Å²) in [6, 6.07) is 10.8. The van der Waals surface area contributed by atoms with Crippen LogP contribution in [0.1, 0.15) is 64.4 Å². The van der Waals surface area contributed by atoms with E-state index in [1.54, 1.807) is 13.8 Å². The molecule has 3 rings (SSSR count). The van der Waals surface area contributed by atoms with Crippen molar-refractivity contribution in [1.29, 1.82) is 0 Å². The Balaban J connectivity index is 1.67. The van der Waals surface area contributed by atoms with Gasteiger partial charge in [0.15, 0.2) is 11.6 Å². The predicted molar refractivity (Wildman–Crippen MR) is 110 cm³/mol. The van der Waals surface area contributed by atoms with Gasteiger partial charge in [0.2, 0.25) is 0 Å². The molecule has 1 aromatic rings. The standard InChI is InChI=1S/C24H31NO2/c1-16-17(2)24(27)22(18(3)23(16)26)14-19-8-7-11-21(12-13-25-15-19)20-9-5-4-6-10-20/h4-6,9-10,19,21,25H,7-8,11-15H2,1-3H3. The summed E-state index contributed by atoms with van der Waals surface area (Å²) in [6.07, 6.45) is 5.30. The van der Waals surface area contributed by atoms with Crippen molar-refractivity contribution in [3.05, 3.63) is 58.2 Å². The summed E-state index contributed by atoms with van der Waals surface area (Å²) in [5.41, 5.74) is 4.07. The summed E-state index contributed by atoms with van der Waals surface area (Å²) in [7, 11) is 0. The molecule has 1 fully saturated rings. The number of hydrogen-bond donors (Lipinski definition) is 1. The van der Waals surface area contributed by atoms with Crippen LogP contribution in [0, 0.1) is 5.92 Å². The molecule has 1 aromatic carbocycles. The van der Waals surface area contributed by atoms with Crippen molar-refractivity contribution in [2.45, 2.75) is 58.8 Å². The van der Waals surface area contributed by atoms with E-state index in [9.17, 15) is 9.59 Å². The van der Waals surface area contributed by atoms with Gasteiger partial charge in [0.1, 0.15) is 0 Å². The second-order valence-electron chi connectivity index (χ2n) is 8.11. The van der Waals surface area contributed by atoms with Crippen LogP contribution < -0.4 is 5.32 Å². The highest BCUT2D eigenvalue weighted by molar-refractivity contribution is 6.24. The molecule has 1 heterocycles. The van der Waals surface area contributed by atoms with E-state index >= 15 is 0 Å². The van der Waals surface area contributed by atoms with E-state index < -0.39 is 0 Å². The Kier molecular flexibility index (Phi) is 6.43. The molecule has 2 aliphatic rings. The monoisotopic (exact) mass is 365 g/mol. The van der Waals surface area contributed by atoms with Gasteiger partial charge in [0.25, 0.3) is 0 Å². The first kappa shape index (κ1) is 19.8. The van der Waals surface area contributed by atoms with Crippen LogP contribution in [0.5, 0.6) is 0 Å². The van der Waals surface area contributed by atoms with E-state index in [0.717, 1.165) is 37.9 Å². The number of benzene rings is 1. The van der Waals surface area contributed by atoms with Crippen LogP contribution in [0.3, 0.4) is 0 Å². The molecule has 2 atom stereocenters. The molecule has 2 unspecified atom stereocenters. The quantitative estimate of drug-likeness (QED) is 0.787. The third kappa shape index (κ3) is 4.47. The van der Waals surface area contributed by atoms with Gasteiger partial charge >= 0.3 is 0 Å². The molecule has 1 saturated heterocycles. The maximum Gasteiger partial charge on any atom is 0.185 e. The zero-order valence-electron chi connectivity index (χ0n) is 16.8. The van der Waals surface area contributed by atoms with Gasteiger partial charge in [-0.1, -0.05) is 36.8 Å². The topological polar surface area (TPSA) is 46.2 Å². The van der Waals surface area contributed by atoms with E-state index in [4.69, 9.17) is 0 Å². The number of ketones is 2. The fourth-order valence-electron chi connectivity index (χ4n) is 4.40. The minimum atomic E-state index is 0.0438. The van der Waals surface area contributed by atoms with Gasteiger partial charge < -0.3 is 5.32 Å². The number of nitrogens with one attached hydrogen (secondary N) is 1. The van der Waals surface area contributed by atoms with Gasteiger partial charge in [-0.2, -0.15) is 0 Å². The molecule has 1 aliphatic carbocycles. The van der Waals surface area contributed by atoms with E-state index in [0.29, 0.717) is 35.0 Å². The molecule has 0 amide bonds. The van der Waals surface area contributed by atoms with Crippen LogP contribution in [0.2, 0.25) is 0 Å². The molecular weight excluding hydrogens is 334 g/mol. The summed E-state index contributed by atoms with van der Waals surface area (Å²) in [4.78, 5) is 25.2. The number of allylic oxidation sites excluding steroid dienone is 4. The van der Waals surface area contributed by atoms with Crippen molar-refractivity contribution in [1.82, 2.24) is 5.32 Å². The normalized spacial score (nSPS) is 25.3. The third-order valence-corrected chi connectivity index (χ3v) is 6.34.